The molecule has 0 aromatic heterocycles. The first-order valence-corrected chi connectivity index (χ1v) is 7.58. The second-order valence-corrected chi connectivity index (χ2v) is 5.87. The van der Waals surface area contributed by atoms with Gasteiger partial charge in [0.1, 0.15) is 11.5 Å². The van der Waals surface area contributed by atoms with Crippen LogP contribution in [0.25, 0.3) is 6.08 Å². The van der Waals surface area contributed by atoms with Gasteiger partial charge in [-0.15, -0.1) is 0 Å². The summed E-state index contributed by atoms with van der Waals surface area (Å²) in [5, 5.41) is 25.0. The Morgan fingerprint density at radius 1 is 1.00 bits per heavy atom. The zero-order valence-electron chi connectivity index (χ0n) is 13.7. The lowest BCUT2D eigenvalue weighted by molar-refractivity contribution is -0.114. The van der Waals surface area contributed by atoms with Crippen molar-refractivity contribution in [3.05, 3.63) is 58.7 Å². The zero-order chi connectivity index (χ0) is 17.4. The molecule has 0 spiro atoms. The van der Waals surface area contributed by atoms with E-state index in [-0.39, 0.29) is 17.4 Å². The Kier molecular flexibility index (Phi) is 3.85. The predicted molar refractivity (Wildman–Crippen MR) is 94.3 cm³/mol. The number of benzene rings is 2. The van der Waals surface area contributed by atoms with Crippen molar-refractivity contribution >= 4 is 23.4 Å². The number of aryl methyl sites for hydroxylation is 2. The minimum absolute atomic E-state index is 0.0328. The minimum atomic E-state index is -0.247. The molecule has 0 fully saturated rings. The summed E-state index contributed by atoms with van der Waals surface area (Å²) < 4.78 is 0. The number of hydrogen-bond donors (Lipinski definition) is 2. The van der Waals surface area contributed by atoms with Crippen LogP contribution < -0.4 is 5.01 Å². The number of hydrogen-bond acceptors (Lipinski definition) is 4. The fourth-order valence-corrected chi connectivity index (χ4v) is 2.53. The molecule has 0 radical (unpaired) electrons. The molecule has 0 aliphatic carbocycles. The lowest BCUT2D eigenvalue weighted by atomic mass is 10.1. The van der Waals surface area contributed by atoms with Gasteiger partial charge in [-0.1, -0.05) is 6.07 Å². The van der Waals surface area contributed by atoms with E-state index >= 15 is 0 Å². The van der Waals surface area contributed by atoms with E-state index in [9.17, 15) is 15.0 Å². The van der Waals surface area contributed by atoms with Gasteiger partial charge in [-0.2, -0.15) is 10.1 Å². The number of nitrogens with zero attached hydrogens (tertiary/aromatic N) is 2. The quantitative estimate of drug-likeness (QED) is 0.831. The highest BCUT2D eigenvalue weighted by Crippen LogP contribution is 2.29. The van der Waals surface area contributed by atoms with Crippen LogP contribution in [0.4, 0.5) is 5.69 Å². The number of aromatic hydroxyl groups is 2. The van der Waals surface area contributed by atoms with Crippen LogP contribution in [0.15, 0.2) is 47.1 Å². The first-order chi connectivity index (χ1) is 11.4. The van der Waals surface area contributed by atoms with Gasteiger partial charge in [0.05, 0.1) is 17.0 Å². The second kappa shape index (κ2) is 5.85. The average molecular weight is 322 g/mol. The van der Waals surface area contributed by atoms with Gasteiger partial charge in [0, 0.05) is 11.6 Å². The third-order valence-corrected chi connectivity index (χ3v) is 4.11. The van der Waals surface area contributed by atoms with E-state index in [1.54, 1.807) is 19.1 Å². The molecule has 3 rings (SSSR count). The van der Waals surface area contributed by atoms with Crippen LogP contribution >= 0.6 is 0 Å². The van der Waals surface area contributed by atoms with Gasteiger partial charge in [-0.25, -0.2) is 0 Å². The van der Waals surface area contributed by atoms with Crippen molar-refractivity contribution in [2.24, 2.45) is 5.10 Å². The number of hydrazone groups is 1. The normalized spacial score (nSPS) is 16.0. The molecule has 2 N–H and O–H groups in total. The molecule has 1 aliphatic heterocycles. The summed E-state index contributed by atoms with van der Waals surface area (Å²) in [7, 11) is 0. The van der Waals surface area contributed by atoms with Gasteiger partial charge in [0.2, 0.25) is 0 Å². The molecule has 0 atom stereocenters. The molecule has 0 unspecified atom stereocenters. The average Bonchev–Trinajstić information content (AvgIpc) is 2.80. The standard InChI is InChI=1S/C19H18N2O3/c1-11-4-6-15(8-12(11)2)21-19(24)17(13(3)20-21)9-14-5-7-16(22)10-18(14)23/h4-10,22-23H,1-3H3. The molecule has 1 heterocycles. The van der Waals surface area contributed by atoms with E-state index < -0.39 is 0 Å². The lowest BCUT2D eigenvalue weighted by Gasteiger charge is -2.13. The zero-order valence-corrected chi connectivity index (χ0v) is 13.7. The summed E-state index contributed by atoms with van der Waals surface area (Å²) >= 11 is 0. The molecule has 2 aromatic rings. The van der Waals surface area contributed by atoms with Crippen LogP contribution in [0.3, 0.4) is 0 Å². The summed E-state index contributed by atoms with van der Waals surface area (Å²) in [6.07, 6.45) is 1.58. The Bertz CT molecular complexity index is 897. The fraction of sp³-hybridized carbons (Fsp3) is 0.158. The molecule has 1 amide bonds. The molecule has 0 bridgehead atoms. The van der Waals surface area contributed by atoms with Gasteiger partial charge in [0.15, 0.2) is 0 Å². The molecule has 0 saturated carbocycles. The summed E-state index contributed by atoms with van der Waals surface area (Å²) in [6.45, 7) is 5.75. The van der Waals surface area contributed by atoms with Crippen molar-refractivity contribution in [1.29, 1.82) is 0 Å². The third-order valence-electron chi connectivity index (χ3n) is 4.11. The van der Waals surface area contributed by atoms with Crippen molar-refractivity contribution in [1.82, 2.24) is 0 Å². The van der Waals surface area contributed by atoms with Crippen molar-refractivity contribution in [2.45, 2.75) is 20.8 Å². The molecule has 0 saturated heterocycles. The predicted octanol–water partition coefficient (Wildman–Crippen LogP) is 3.52. The lowest BCUT2D eigenvalue weighted by Crippen LogP contribution is -2.21. The number of carbonyl (C=O) groups is 1. The maximum absolute atomic E-state index is 12.7. The monoisotopic (exact) mass is 322 g/mol. The highest BCUT2D eigenvalue weighted by Gasteiger charge is 2.29. The SMILES string of the molecule is CC1=NN(c2ccc(C)c(C)c2)C(=O)C1=Cc1ccc(O)cc1O. The van der Waals surface area contributed by atoms with Crippen molar-refractivity contribution in [2.75, 3.05) is 5.01 Å². The van der Waals surface area contributed by atoms with Gasteiger partial charge in [-0.05, 0) is 62.2 Å². The molecular formula is C19H18N2O3. The van der Waals surface area contributed by atoms with Crippen LogP contribution in [-0.4, -0.2) is 21.8 Å². The molecule has 1 aliphatic rings. The molecule has 122 valence electrons. The number of anilines is 1. The number of amides is 1. The van der Waals surface area contributed by atoms with Gasteiger partial charge >= 0.3 is 0 Å². The Morgan fingerprint density at radius 3 is 2.42 bits per heavy atom. The van der Waals surface area contributed by atoms with Crippen molar-refractivity contribution in [3.63, 3.8) is 0 Å². The van der Waals surface area contributed by atoms with E-state index in [4.69, 9.17) is 0 Å². The van der Waals surface area contributed by atoms with E-state index in [0.29, 0.717) is 22.5 Å². The molecule has 24 heavy (non-hydrogen) atoms. The Hall–Kier alpha value is -3.08. The van der Waals surface area contributed by atoms with Crippen LogP contribution in [0.5, 0.6) is 11.5 Å². The Labute approximate surface area is 140 Å². The second-order valence-electron chi connectivity index (χ2n) is 5.87. The molecule has 5 heteroatoms. The number of carbonyl (C=O) groups excluding carboxylic acids is 1. The summed E-state index contributed by atoms with van der Waals surface area (Å²) in [5.41, 5.74) is 4.38. The van der Waals surface area contributed by atoms with Gasteiger partial charge < -0.3 is 10.2 Å². The highest BCUT2D eigenvalue weighted by molar-refractivity contribution is 6.32. The highest BCUT2D eigenvalue weighted by atomic mass is 16.3. The maximum atomic E-state index is 12.7. The Morgan fingerprint density at radius 2 is 1.75 bits per heavy atom. The van der Waals surface area contributed by atoms with Crippen LogP contribution in [0.2, 0.25) is 0 Å². The van der Waals surface area contributed by atoms with Crippen molar-refractivity contribution < 1.29 is 15.0 Å². The third kappa shape index (κ3) is 2.76. The van der Waals surface area contributed by atoms with Gasteiger partial charge in [-0.3, -0.25) is 4.79 Å². The first kappa shape index (κ1) is 15.8. The van der Waals surface area contributed by atoms with E-state index in [2.05, 4.69) is 5.10 Å². The van der Waals surface area contributed by atoms with E-state index in [0.717, 1.165) is 11.1 Å². The largest absolute Gasteiger partial charge is 0.508 e. The smallest absolute Gasteiger partial charge is 0.280 e. The van der Waals surface area contributed by atoms with E-state index in [1.165, 1.54) is 17.1 Å². The number of phenolic OH excluding ortho intramolecular Hbond substituents is 2. The van der Waals surface area contributed by atoms with Crippen molar-refractivity contribution in [3.8, 4) is 11.5 Å². The molecule has 2 aromatic carbocycles. The topological polar surface area (TPSA) is 73.1 Å². The Balaban J connectivity index is 1.98. The van der Waals surface area contributed by atoms with Gasteiger partial charge in [0.25, 0.3) is 5.91 Å². The first-order valence-electron chi connectivity index (χ1n) is 7.58. The molecule has 5 nitrogen and oxygen atoms in total. The summed E-state index contributed by atoms with van der Waals surface area (Å²) in [5.74, 6) is -0.370. The van der Waals surface area contributed by atoms with E-state index in [1.807, 2.05) is 32.0 Å². The fourth-order valence-electron chi connectivity index (χ4n) is 2.53. The molecular weight excluding hydrogens is 304 g/mol. The van der Waals surface area contributed by atoms with Crippen LogP contribution in [0.1, 0.15) is 23.6 Å². The number of phenols is 2. The minimum Gasteiger partial charge on any atom is -0.508 e. The van der Waals surface area contributed by atoms with Crippen LogP contribution in [0, 0.1) is 13.8 Å². The number of rotatable bonds is 2. The maximum Gasteiger partial charge on any atom is 0.280 e. The summed E-state index contributed by atoms with van der Waals surface area (Å²) in [6, 6.07) is 9.98. The van der Waals surface area contributed by atoms with Crippen LogP contribution in [-0.2, 0) is 4.79 Å². The summed E-state index contributed by atoms with van der Waals surface area (Å²) in [4.78, 5) is 12.7.